The van der Waals surface area contributed by atoms with Crippen LogP contribution in [0.25, 0.3) is 0 Å². The first kappa shape index (κ1) is 11.7. The van der Waals surface area contributed by atoms with Crippen LogP contribution in [-0.2, 0) is 11.2 Å². The first-order valence-corrected chi connectivity index (χ1v) is 7.04. The molecule has 2 unspecified atom stereocenters. The number of pyridine rings is 1. The highest BCUT2D eigenvalue weighted by atomic mass is 16.2. The van der Waals surface area contributed by atoms with Crippen LogP contribution in [0, 0.1) is 5.92 Å². The summed E-state index contributed by atoms with van der Waals surface area (Å²) in [6.45, 7) is 0.959. The van der Waals surface area contributed by atoms with Crippen molar-refractivity contribution in [2.24, 2.45) is 5.92 Å². The Morgan fingerprint density at radius 1 is 1.28 bits per heavy atom. The molecule has 1 saturated carbocycles. The smallest absolute Gasteiger partial charge is 0.228 e. The lowest BCUT2D eigenvalue weighted by molar-refractivity contribution is -0.132. The molecule has 1 aromatic rings. The van der Waals surface area contributed by atoms with Crippen LogP contribution < -0.4 is 0 Å². The zero-order valence-corrected chi connectivity index (χ0v) is 10.7. The number of carbonyl (C=O) groups is 1. The summed E-state index contributed by atoms with van der Waals surface area (Å²) < 4.78 is 0. The number of likely N-dealkylation sites (tertiary alicyclic amines) is 1. The second-order valence-corrected chi connectivity index (χ2v) is 5.49. The van der Waals surface area contributed by atoms with Crippen molar-refractivity contribution >= 4 is 5.91 Å². The highest BCUT2D eigenvalue weighted by Crippen LogP contribution is 2.36. The SMILES string of the molecule is O=C(Cc1ccccn1)N1CCC2CCCCC21. The third-order valence-corrected chi connectivity index (χ3v) is 4.39. The van der Waals surface area contributed by atoms with Crippen molar-refractivity contribution in [3.8, 4) is 0 Å². The van der Waals surface area contributed by atoms with Crippen molar-refractivity contribution in [3.63, 3.8) is 0 Å². The van der Waals surface area contributed by atoms with E-state index in [1.165, 1.54) is 32.1 Å². The molecule has 1 aliphatic heterocycles. The van der Waals surface area contributed by atoms with E-state index >= 15 is 0 Å². The Labute approximate surface area is 108 Å². The van der Waals surface area contributed by atoms with Crippen molar-refractivity contribution in [1.29, 1.82) is 0 Å². The molecule has 2 heterocycles. The van der Waals surface area contributed by atoms with Crippen molar-refractivity contribution in [2.75, 3.05) is 6.54 Å². The minimum atomic E-state index is 0.267. The summed E-state index contributed by atoms with van der Waals surface area (Å²) in [5.41, 5.74) is 0.891. The molecule has 0 N–H and O–H groups in total. The van der Waals surface area contributed by atoms with Gasteiger partial charge in [0.25, 0.3) is 0 Å². The van der Waals surface area contributed by atoms with Gasteiger partial charge in [-0.25, -0.2) is 0 Å². The lowest BCUT2D eigenvalue weighted by Crippen LogP contribution is -2.40. The minimum Gasteiger partial charge on any atom is -0.339 e. The van der Waals surface area contributed by atoms with E-state index in [0.29, 0.717) is 12.5 Å². The van der Waals surface area contributed by atoms with E-state index in [0.717, 1.165) is 18.2 Å². The Kier molecular flexibility index (Phi) is 3.31. The molecule has 1 aromatic heterocycles. The van der Waals surface area contributed by atoms with Gasteiger partial charge in [0.2, 0.25) is 5.91 Å². The molecular formula is C15H20N2O. The van der Waals surface area contributed by atoms with Gasteiger partial charge in [0, 0.05) is 24.5 Å². The van der Waals surface area contributed by atoms with Gasteiger partial charge in [0.05, 0.1) is 6.42 Å². The zero-order chi connectivity index (χ0) is 12.4. The van der Waals surface area contributed by atoms with E-state index < -0.39 is 0 Å². The van der Waals surface area contributed by atoms with Gasteiger partial charge >= 0.3 is 0 Å². The van der Waals surface area contributed by atoms with Crippen molar-refractivity contribution in [3.05, 3.63) is 30.1 Å². The van der Waals surface area contributed by atoms with Crippen LogP contribution in [0.2, 0.25) is 0 Å². The van der Waals surface area contributed by atoms with Crippen LogP contribution >= 0.6 is 0 Å². The fourth-order valence-electron chi connectivity index (χ4n) is 3.47. The van der Waals surface area contributed by atoms with E-state index in [9.17, 15) is 4.79 Å². The fourth-order valence-corrected chi connectivity index (χ4v) is 3.47. The average Bonchev–Trinajstić information content (AvgIpc) is 2.84. The molecular weight excluding hydrogens is 224 g/mol. The maximum absolute atomic E-state index is 12.4. The summed E-state index contributed by atoms with van der Waals surface area (Å²) in [7, 11) is 0. The van der Waals surface area contributed by atoms with Gasteiger partial charge < -0.3 is 4.90 Å². The first-order valence-electron chi connectivity index (χ1n) is 7.04. The van der Waals surface area contributed by atoms with Gasteiger partial charge in [-0.05, 0) is 37.3 Å². The van der Waals surface area contributed by atoms with E-state index in [-0.39, 0.29) is 5.91 Å². The number of nitrogens with zero attached hydrogens (tertiary/aromatic N) is 2. The minimum absolute atomic E-state index is 0.267. The maximum Gasteiger partial charge on any atom is 0.228 e. The molecule has 0 spiro atoms. The van der Waals surface area contributed by atoms with Gasteiger partial charge in [-0.15, -0.1) is 0 Å². The molecule has 3 nitrogen and oxygen atoms in total. The lowest BCUT2D eigenvalue weighted by atomic mass is 9.85. The second kappa shape index (κ2) is 5.09. The number of carbonyl (C=O) groups excluding carboxylic acids is 1. The number of hydrogen-bond donors (Lipinski definition) is 0. The highest BCUT2D eigenvalue weighted by Gasteiger charge is 2.37. The lowest BCUT2D eigenvalue weighted by Gasteiger charge is -2.31. The van der Waals surface area contributed by atoms with Crippen LogP contribution in [0.4, 0.5) is 0 Å². The Balaban J connectivity index is 1.66. The number of amides is 1. The molecule has 96 valence electrons. The summed E-state index contributed by atoms with van der Waals surface area (Å²) in [5.74, 6) is 1.04. The molecule has 0 radical (unpaired) electrons. The molecule has 2 fully saturated rings. The predicted molar refractivity (Wildman–Crippen MR) is 70.0 cm³/mol. The predicted octanol–water partition coefficient (Wildman–Crippen LogP) is 2.42. The van der Waals surface area contributed by atoms with Gasteiger partial charge in [-0.1, -0.05) is 18.9 Å². The normalized spacial score (nSPS) is 27.0. The van der Waals surface area contributed by atoms with E-state index in [4.69, 9.17) is 0 Å². The summed E-state index contributed by atoms with van der Waals surface area (Å²) in [4.78, 5) is 18.7. The van der Waals surface area contributed by atoms with Crippen LogP contribution in [0.5, 0.6) is 0 Å². The van der Waals surface area contributed by atoms with Gasteiger partial charge in [-0.2, -0.15) is 0 Å². The standard InChI is InChI=1S/C15H20N2O/c18-15(11-13-6-3-4-9-16-13)17-10-8-12-5-1-2-7-14(12)17/h3-4,6,9,12,14H,1-2,5,7-8,10-11H2. The van der Waals surface area contributed by atoms with Crippen molar-refractivity contribution in [1.82, 2.24) is 9.88 Å². The van der Waals surface area contributed by atoms with Crippen LogP contribution in [0.15, 0.2) is 24.4 Å². The third-order valence-electron chi connectivity index (χ3n) is 4.39. The quantitative estimate of drug-likeness (QED) is 0.800. The van der Waals surface area contributed by atoms with E-state index in [1.807, 2.05) is 18.2 Å². The fraction of sp³-hybridized carbons (Fsp3) is 0.600. The monoisotopic (exact) mass is 244 g/mol. The van der Waals surface area contributed by atoms with E-state index in [1.54, 1.807) is 6.20 Å². The average molecular weight is 244 g/mol. The van der Waals surface area contributed by atoms with E-state index in [2.05, 4.69) is 9.88 Å². The van der Waals surface area contributed by atoms with Crippen LogP contribution in [0.1, 0.15) is 37.8 Å². The molecule has 0 bridgehead atoms. The second-order valence-electron chi connectivity index (χ2n) is 5.49. The zero-order valence-electron chi connectivity index (χ0n) is 10.7. The molecule has 3 heteroatoms. The number of hydrogen-bond acceptors (Lipinski definition) is 2. The molecule has 3 rings (SSSR count). The van der Waals surface area contributed by atoms with Crippen LogP contribution in [-0.4, -0.2) is 28.4 Å². The highest BCUT2D eigenvalue weighted by molar-refractivity contribution is 5.79. The number of aromatic nitrogens is 1. The Hall–Kier alpha value is -1.38. The Bertz CT molecular complexity index is 418. The maximum atomic E-state index is 12.4. The summed E-state index contributed by atoms with van der Waals surface area (Å²) in [6.07, 6.45) is 8.59. The number of rotatable bonds is 2. The molecule has 1 aliphatic carbocycles. The molecule has 1 saturated heterocycles. The van der Waals surface area contributed by atoms with Gasteiger partial charge in [0.15, 0.2) is 0 Å². The van der Waals surface area contributed by atoms with Crippen molar-refractivity contribution < 1.29 is 4.79 Å². The first-order chi connectivity index (χ1) is 8.84. The van der Waals surface area contributed by atoms with Gasteiger partial charge in [-0.3, -0.25) is 9.78 Å². The topological polar surface area (TPSA) is 33.2 Å². The molecule has 0 aromatic carbocycles. The summed E-state index contributed by atoms with van der Waals surface area (Å²) >= 11 is 0. The third kappa shape index (κ3) is 2.26. The summed E-state index contributed by atoms with van der Waals surface area (Å²) in [5, 5.41) is 0. The largest absolute Gasteiger partial charge is 0.339 e. The Morgan fingerprint density at radius 2 is 2.17 bits per heavy atom. The molecule has 2 aliphatic rings. The molecule has 1 amide bonds. The van der Waals surface area contributed by atoms with Gasteiger partial charge in [0.1, 0.15) is 0 Å². The molecule has 18 heavy (non-hydrogen) atoms. The Morgan fingerprint density at radius 3 is 3.00 bits per heavy atom. The summed E-state index contributed by atoms with van der Waals surface area (Å²) in [6, 6.07) is 6.30. The number of fused-ring (bicyclic) bond motifs is 1. The van der Waals surface area contributed by atoms with Crippen LogP contribution in [0.3, 0.4) is 0 Å². The van der Waals surface area contributed by atoms with Crippen molar-refractivity contribution in [2.45, 2.75) is 44.6 Å². The molecule has 2 atom stereocenters.